The molecule has 4 nitrogen and oxygen atoms in total. The predicted octanol–water partition coefficient (Wildman–Crippen LogP) is 3.63. The van der Waals surface area contributed by atoms with Crippen LogP contribution in [0.4, 0.5) is 13.2 Å². The van der Waals surface area contributed by atoms with Crippen LogP contribution in [0.15, 0.2) is 0 Å². The van der Waals surface area contributed by atoms with Gasteiger partial charge >= 0.3 is 18.1 Å². The van der Waals surface area contributed by atoms with E-state index in [2.05, 4.69) is 9.47 Å². The zero-order valence-electron chi connectivity index (χ0n) is 12.7. The lowest BCUT2D eigenvalue weighted by molar-refractivity contribution is -0.226. The molecule has 0 radical (unpaired) electrons. The van der Waals surface area contributed by atoms with Gasteiger partial charge in [0.2, 0.25) is 6.10 Å². The fourth-order valence-corrected chi connectivity index (χ4v) is 1.77. The lowest BCUT2D eigenvalue weighted by Crippen LogP contribution is -2.37. The highest BCUT2D eigenvalue weighted by Crippen LogP contribution is 2.27. The molecule has 2 unspecified atom stereocenters. The van der Waals surface area contributed by atoms with E-state index in [4.69, 9.17) is 0 Å². The SMILES string of the molecule is CCCCC(CC)C(=O)OC(CC(=O)OCC)C(F)(F)F. The van der Waals surface area contributed by atoms with Gasteiger partial charge in [-0.3, -0.25) is 9.59 Å². The molecule has 0 bridgehead atoms. The van der Waals surface area contributed by atoms with Gasteiger partial charge in [0, 0.05) is 0 Å². The lowest BCUT2D eigenvalue weighted by atomic mass is 9.99. The molecule has 0 aromatic carbocycles. The van der Waals surface area contributed by atoms with Crippen molar-refractivity contribution in [3.8, 4) is 0 Å². The van der Waals surface area contributed by atoms with Crippen LogP contribution in [0.5, 0.6) is 0 Å². The van der Waals surface area contributed by atoms with Crippen molar-refractivity contribution in [1.82, 2.24) is 0 Å². The summed E-state index contributed by atoms with van der Waals surface area (Å²) in [6, 6.07) is 0. The maximum absolute atomic E-state index is 12.8. The first-order valence-electron chi connectivity index (χ1n) is 7.18. The Hall–Kier alpha value is -1.27. The van der Waals surface area contributed by atoms with Crippen LogP contribution in [0.1, 0.15) is 52.9 Å². The fourth-order valence-electron chi connectivity index (χ4n) is 1.77. The van der Waals surface area contributed by atoms with E-state index in [1.807, 2.05) is 6.92 Å². The van der Waals surface area contributed by atoms with E-state index >= 15 is 0 Å². The van der Waals surface area contributed by atoms with Gasteiger partial charge in [-0.25, -0.2) is 0 Å². The highest BCUT2D eigenvalue weighted by atomic mass is 19.4. The first kappa shape index (κ1) is 19.7. The number of carbonyl (C=O) groups is 2. The topological polar surface area (TPSA) is 52.6 Å². The Morgan fingerprint density at radius 1 is 1.14 bits per heavy atom. The summed E-state index contributed by atoms with van der Waals surface area (Å²) >= 11 is 0. The lowest BCUT2D eigenvalue weighted by Gasteiger charge is -2.22. The highest BCUT2D eigenvalue weighted by Gasteiger charge is 2.45. The van der Waals surface area contributed by atoms with Gasteiger partial charge in [-0.15, -0.1) is 0 Å². The number of hydrogen-bond donors (Lipinski definition) is 0. The van der Waals surface area contributed by atoms with E-state index in [0.29, 0.717) is 12.8 Å². The summed E-state index contributed by atoms with van der Waals surface area (Å²) < 4.78 is 47.4. The van der Waals surface area contributed by atoms with Crippen LogP contribution >= 0.6 is 0 Å². The maximum Gasteiger partial charge on any atom is 0.426 e. The molecule has 0 aliphatic heterocycles. The molecule has 0 rings (SSSR count). The quantitative estimate of drug-likeness (QED) is 0.610. The minimum atomic E-state index is -4.79. The molecule has 0 heterocycles. The second-order valence-corrected chi connectivity index (χ2v) is 4.72. The Bertz CT molecular complexity index is 329. The molecule has 0 aromatic rings. The Morgan fingerprint density at radius 2 is 1.76 bits per heavy atom. The zero-order chi connectivity index (χ0) is 16.5. The summed E-state index contributed by atoms with van der Waals surface area (Å²) in [5.41, 5.74) is 0. The maximum atomic E-state index is 12.8. The number of halogens is 3. The fraction of sp³-hybridized carbons (Fsp3) is 0.857. The molecule has 0 aliphatic rings. The van der Waals surface area contributed by atoms with Crippen molar-refractivity contribution < 1.29 is 32.2 Å². The van der Waals surface area contributed by atoms with E-state index < -0.39 is 36.6 Å². The van der Waals surface area contributed by atoms with Gasteiger partial charge in [0.15, 0.2) is 0 Å². The molecular weight excluding hydrogens is 289 g/mol. The van der Waals surface area contributed by atoms with E-state index in [-0.39, 0.29) is 6.61 Å². The van der Waals surface area contributed by atoms with Crippen LogP contribution in [0.3, 0.4) is 0 Å². The molecule has 0 saturated heterocycles. The van der Waals surface area contributed by atoms with Gasteiger partial charge in [0.1, 0.15) is 0 Å². The minimum Gasteiger partial charge on any atom is -0.466 e. The molecule has 0 spiro atoms. The molecule has 124 valence electrons. The Kier molecular flexibility index (Phi) is 9.05. The predicted molar refractivity (Wildman–Crippen MR) is 70.5 cm³/mol. The first-order valence-corrected chi connectivity index (χ1v) is 7.18. The van der Waals surface area contributed by atoms with Gasteiger partial charge in [-0.05, 0) is 19.8 Å². The van der Waals surface area contributed by atoms with Crippen molar-refractivity contribution in [3.05, 3.63) is 0 Å². The van der Waals surface area contributed by atoms with Crippen LogP contribution in [-0.4, -0.2) is 30.8 Å². The van der Waals surface area contributed by atoms with Crippen molar-refractivity contribution in [2.75, 3.05) is 6.61 Å². The molecule has 0 fully saturated rings. The van der Waals surface area contributed by atoms with Gasteiger partial charge in [-0.2, -0.15) is 13.2 Å². The van der Waals surface area contributed by atoms with Gasteiger partial charge in [0.25, 0.3) is 0 Å². The summed E-state index contributed by atoms with van der Waals surface area (Å²) in [7, 11) is 0. The van der Waals surface area contributed by atoms with Crippen LogP contribution in [0.25, 0.3) is 0 Å². The van der Waals surface area contributed by atoms with Crippen molar-refractivity contribution in [3.63, 3.8) is 0 Å². The van der Waals surface area contributed by atoms with E-state index in [1.54, 1.807) is 6.92 Å². The molecule has 21 heavy (non-hydrogen) atoms. The standard InChI is InChI=1S/C14H23F3O4/c1-4-7-8-10(5-2)13(19)21-11(14(15,16)17)9-12(18)20-6-3/h10-11H,4-9H2,1-3H3. The first-order chi connectivity index (χ1) is 9.76. The molecule has 7 heteroatoms. The smallest absolute Gasteiger partial charge is 0.426 e. The number of ether oxygens (including phenoxy) is 2. The molecule has 0 amide bonds. The molecule has 0 aromatic heterocycles. The molecule has 0 aliphatic carbocycles. The third-order valence-electron chi connectivity index (χ3n) is 3.01. The summed E-state index contributed by atoms with van der Waals surface area (Å²) in [4.78, 5) is 23.0. The monoisotopic (exact) mass is 312 g/mol. The third-order valence-corrected chi connectivity index (χ3v) is 3.01. The number of carbonyl (C=O) groups excluding carboxylic acids is 2. The van der Waals surface area contributed by atoms with Crippen LogP contribution in [0, 0.1) is 5.92 Å². The second-order valence-electron chi connectivity index (χ2n) is 4.72. The van der Waals surface area contributed by atoms with Crippen LogP contribution in [0.2, 0.25) is 0 Å². The van der Waals surface area contributed by atoms with Crippen molar-refractivity contribution in [1.29, 1.82) is 0 Å². The third kappa shape index (κ3) is 7.92. The van der Waals surface area contributed by atoms with Crippen molar-refractivity contribution >= 4 is 11.9 Å². The molecule has 0 N–H and O–H groups in total. The zero-order valence-corrected chi connectivity index (χ0v) is 12.7. The van der Waals surface area contributed by atoms with Gasteiger partial charge in [0.05, 0.1) is 18.9 Å². The molecule has 2 atom stereocenters. The van der Waals surface area contributed by atoms with E-state index in [1.165, 1.54) is 6.92 Å². The Balaban J connectivity index is 4.72. The number of rotatable bonds is 9. The normalized spacial score (nSPS) is 14.4. The number of hydrogen-bond acceptors (Lipinski definition) is 4. The van der Waals surface area contributed by atoms with Gasteiger partial charge in [-0.1, -0.05) is 26.7 Å². The summed E-state index contributed by atoms with van der Waals surface area (Å²) in [5.74, 6) is -2.51. The van der Waals surface area contributed by atoms with E-state index in [9.17, 15) is 22.8 Å². The molecule has 0 saturated carbocycles. The number of alkyl halides is 3. The minimum absolute atomic E-state index is 0.0224. The Morgan fingerprint density at radius 3 is 2.19 bits per heavy atom. The van der Waals surface area contributed by atoms with Gasteiger partial charge < -0.3 is 9.47 Å². The van der Waals surface area contributed by atoms with Crippen molar-refractivity contribution in [2.45, 2.75) is 65.2 Å². The molecular formula is C14H23F3O4. The summed E-state index contributed by atoms with van der Waals surface area (Å²) in [6.45, 7) is 5.11. The second kappa shape index (κ2) is 9.63. The summed E-state index contributed by atoms with van der Waals surface area (Å²) in [5, 5.41) is 0. The van der Waals surface area contributed by atoms with Crippen LogP contribution < -0.4 is 0 Å². The Labute approximate surface area is 123 Å². The average molecular weight is 312 g/mol. The highest BCUT2D eigenvalue weighted by molar-refractivity contribution is 5.74. The number of unbranched alkanes of at least 4 members (excludes halogenated alkanes) is 1. The van der Waals surface area contributed by atoms with Crippen LogP contribution in [-0.2, 0) is 19.1 Å². The average Bonchev–Trinajstić information content (AvgIpc) is 2.38. The summed E-state index contributed by atoms with van der Waals surface area (Å²) in [6.07, 6.45) is -5.77. The largest absolute Gasteiger partial charge is 0.466 e. The number of esters is 2. The van der Waals surface area contributed by atoms with E-state index in [0.717, 1.165) is 12.8 Å². The van der Waals surface area contributed by atoms with Crippen molar-refractivity contribution in [2.24, 2.45) is 5.92 Å².